The molecule has 0 aliphatic heterocycles. The van der Waals surface area contributed by atoms with Crippen molar-refractivity contribution in [2.45, 2.75) is 19.3 Å². The maximum Gasteiger partial charge on any atom is 0.0931 e. The van der Waals surface area contributed by atoms with Crippen LogP contribution in [0, 0.1) is 0 Å². The lowest BCUT2D eigenvalue weighted by atomic mass is 9.92. The summed E-state index contributed by atoms with van der Waals surface area (Å²) in [5.41, 5.74) is 0.0828. The van der Waals surface area contributed by atoms with E-state index < -0.39 is 0 Å². The fourth-order valence-electron chi connectivity index (χ4n) is 1.12. The van der Waals surface area contributed by atoms with Gasteiger partial charge in [-0.1, -0.05) is 13.8 Å². The predicted octanol–water partition coefficient (Wildman–Crippen LogP) is 2.33. The van der Waals surface area contributed by atoms with E-state index in [9.17, 15) is 0 Å². The molecule has 0 aromatic carbocycles. The van der Waals surface area contributed by atoms with Crippen LogP contribution in [0.4, 0.5) is 0 Å². The zero-order chi connectivity index (χ0) is 9.90. The van der Waals surface area contributed by atoms with E-state index in [4.69, 9.17) is 5.11 Å². The van der Waals surface area contributed by atoms with Gasteiger partial charge >= 0.3 is 0 Å². The van der Waals surface area contributed by atoms with E-state index in [-0.39, 0.29) is 12.1 Å². The Morgan fingerprint density at radius 1 is 1.62 bits per heavy atom. The van der Waals surface area contributed by atoms with Gasteiger partial charge < -0.3 is 5.11 Å². The average Bonchev–Trinajstić information content (AvgIpc) is 2.49. The van der Waals surface area contributed by atoms with Crippen molar-refractivity contribution in [3.63, 3.8) is 0 Å². The molecule has 1 rings (SSSR count). The lowest BCUT2D eigenvalue weighted by Gasteiger charge is -2.22. The molecular formula is C9H14BrNOS. The minimum atomic E-state index is 0.0377. The molecule has 0 aliphatic rings. The Morgan fingerprint density at radius 2 is 2.31 bits per heavy atom. The summed E-state index contributed by atoms with van der Waals surface area (Å²) < 4.78 is 1.13. The minimum absolute atomic E-state index is 0.0377. The summed E-state index contributed by atoms with van der Waals surface area (Å²) in [6.07, 6.45) is 0. The number of thiophene rings is 1. The van der Waals surface area contributed by atoms with Gasteiger partial charge in [0.2, 0.25) is 0 Å². The normalized spacial score (nSPS) is 12.0. The molecule has 74 valence electrons. The quantitative estimate of drug-likeness (QED) is 0.818. The summed E-state index contributed by atoms with van der Waals surface area (Å²) in [7, 11) is 0. The van der Waals surface area contributed by atoms with Crippen molar-refractivity contribution in [3.8, 4) is 0 Å². The number of hydrogen-bond donors (Lipinski definition) is 2. The second kappa shape index (κ2) is 4.55. The molecule has 4 heteroatoms. The molecule has 0 amide bonds. The van der Waals surface area contributed by atoms with Crippen molar-refractivity contribution in [1.82, 2.24) is 5.32 Å². The molecule has 0 saturated heterocycles. The highest BCUT2D eigenvalue weighted by Gasteiger charge is 2.21. The summed E-state index contributed by atoms with van der Waals surface area (Å²) in [6.45, 7) is 5.15. The Morgan fingerprint density at radius 3 is 2.77 bits per heavy atom. The van der Waals surface area contributed by atoms with Crippen LogP contribution in [0.15, 0.2) is 15.9 Å². The Bertz CT molecular complexity index is 272. The molecule has 13 heavy (non-hydrogen) atoms. The number of aliphatic hydroxyl groups is 1. The summed E-state index contributed by atoms with van der Waals surface area (Å²) in [4.78, 5) is 1.32. The molecule has 0 saturated carbocycles. The van der Waals surface area contributed by atoms with Crippen LogP contribution in [-0.4, -0.2) is 18.4 Å². The van der Waals surface area contributed by atoms with Crippen molar-refractivity contribution in [2.24, 2.45) is 0 Å². The first kappa shape index (κ1) is 11.2. The molecule has 0 spiro atoms. The first-order valence-corrected chi connectivity index (χ1v) is 5.79. The van der Waals surface area contributed by atoms with E-state index >= 15 is 0 Å². The summed E-state index contributed by atoms with van der Waals surface area (Å²) >= 11 is 5.17. The van der Waals surface area contributed by atoms with Crippen LogP contribution in [0.2, 0.25) is 0 Å². The summed E-state index contributed by atoms with van der Waals surface area (Å²) in [5.74, 6) is 0. The van der Waals surface area contributed by atoms with Gasteiger partial charge in [0.25, 0.3) is 0 Å². The van der Waals surface area contributed by atoms with Crippen LogP contribution < -0.4 is 5.32 Å². The third-order valence-corrected chi connectivity index (χ3v) is 3.97. The van der Waals surface area contributed by atoms with Crippen LogP contribution in [0.25, 0.3) is 0 Å². The lowest BCUT2D eigenvalue weighted by Crippen LogP contribution is -2.32. The van der Waals surface area contributed by atoms with Crippen LogP contribution in [0.1, 0.15) is 18.7 Å². The monoisotopic (exact) mass is 263 g/mol. The van der Waals surface area contributed by atoms with Gasteiger partial charge in [0.15, 0.2) is 0 Å². The van der Waals surface area contributed by atoms with Crippen LogP contribution in [-0.2, 0) is 5.41 Å². The standard InChI is InChI=1S/C9H14BrNOS/c1-9(2,5-11-6-12)8-3-7(10)4-13-8/h3-4,11-12H,5-6H2,1-2H3. The second-order valence-corrected chi connectivity index (χ2v) is 5.42. The molecule has 0 atom stereocenters. The number of aliphatic hydroxyl groups excluding tert-OH is 1. The smallest absolute Gasteiger partial charge is 0.0931 e. The van der Waals surface area contributed by atoms with Gasteiger partial charge in [-0.05, 0) is 22.0 Å². The number of rotatable bonds is 4. The van der Waals surface area contributed by atoms with Gasteiger partial charge in [-0.25, -0.2) is 0 Å². The molecular weight excluding hydrogens is 250 g/mol. The molecule has 1 aromatic heterocycles. The van der Waals surface area contributed by atoms with Gasteiger partial charge in [0, 0.05) is 26.7 Å². The summed E-state index contributed by atoms with van der Waals surface area (Å²) in [5, 5.41) is 13.7. The molecule has 0 radical (unpaired) electrons. The maximum absolute atomic E-state index is 8.66. The molecule has 0 aliphatic carbocycles. The van der Waals surface area contributed by atoms with Crippen molar-refractivity contribution in [3.05, 3.63) is 20.8 Å². The third kappa shape index (κ3) is 3.06. The van der Waals surface area contributed by atoms with Crippen LogP contribution in [0.5, 0.6) is 0 Å². The minimum Gasteiger partial charge on any atom is -0.381 e. The number of nitrogens with one attached hydrogen (secondary N) is 1. The van der Waals surface area contributed by atoms with Crippen LogP contribution >= 0.6 is 27.3 Å². The van der Waals surface area contributed by atoms with Gasteiger partial charge in [0.1, 0.15) is 0 Å². The Labute approximate surface area is 91.1 Å². The average molecular weight is 264 g/mol. The van der Waals surface area contributed by atoms with Crippen molar-refractivity contribution < 1.29 is 5.11 Å². The topological polar surface area (TPSA) is 32.3 Å². The summed E-state index contributed by atoms with van der Waals surface area (Å²) in [6, 6.07) is 2.13. The molecule has 0 unspecified atom stereocenters. The maximum atomic E-state index is 8.66. The highest BCUT2D eigenvalue weighted by Crippen LogP contribution is 2.30. The molecule has 2 nitrogen and oxygen atoms in total. The first-order chi connectivity index (χ1) is 6.06. The van der Waals surface area contributed by atoms with Gasteiger partial charge in [-0.2, -0.15) is 0 Å². The Balaban J connectivity index is 2.68. The van der Waals surface area contributed by atoms with E-state index in [2.05, 4.69) is 46.5 Å². The lowest BCUT2D eigenvalue weighted by molar-refractivity contribution is 0.248. The van der Waals surface area contributed by atoms with Crippen molar-refractivity contribution in [2.75, 3.05) is 13.3 Å². The Kier molecular flexibility index (Phi) is 3.91. The fourth-order valence-corrected chi connectivity index (χ4v) is 2.68. The van der Waals surface area contributed by atoms with E-state index in [0.29, 0.717) is 0 Å². The van der Waals surface area contributed by atoms with Gasteiger partial charge in [0.05, 0.1) is 6.73 Å². The SMILES string of the molecule is CC(C)(CNCO)c1cc(Br)cs1. The van der Waals surface area contributed by atoms with E-state index in [1.807, 2.05) is 0 Å². The highest BCUT2D eigenvalue weighted by molar-refractivity contribution is 9.10. The van der Waals surface area contributed by atoms with E-state index in [1.165, 1.54) is 4.88 Å². The van der Waals surface area contributed by atoms with Gasteiger partial charge in [-0.3, -0.25) is 5.32 Å². The number of hydrogen-bond acceptors (Lipinski definition) is 3. The third-order valence-electron chi connectivity index (χ3n) is 1.91. The first-order valence-electron chi connectivity index (χ1n) is 4.12. The van der Waals surface area contributed by atoms with Crippen LogP contribution in [0.3, 0.4) is 0 Å². The molecule has 2 N–H and O–H groups in total. The Hall–Kier alpha value is 0.1000. The second-order valence-electron chi connectivity index (χ2n) is 3.60. The van der Waals surface area contributed by atoms with Gasteiger partial charge in [-0.15, -0.1) is 11.3 Å². The van der Waals surface area contributed by atoms with Crippen molar-refractivity contribution >= 4 is 27.3 Å². The molecule has 0 fully saturated rings. The zero-order valence-electron chi connectivity index (χ0n) is 7.80. The highest BCUT2D eigenvalue weighted by atomic mass is 79.9. The fraction of sp³-hybridized carbons (Fsp3) is 0.556. The zero-order valence-corrected chi connectivity index (χ0v) is 10.2. The largest absolute Gasteiger partial charge is 0.381 e. The van der Waals surface area contributed by atoms with E-state index in [0.717, 1.165) is 11.0 Å². The van der Waals surface area contributed by atoms with Crippen molar-refractivity contribution in [1.29, 1.82) is 0 Å². The number of halogens is 1. The van der Waals surface area contributed by atoms with E-state index in [1.54, 1.807) is 11.3 Å². The molecule has 1 heterocycles. The predicted molar refractivity (Wildman–Crippen MR) is 60.1 cm³/mol. The molecule has 0 bridgehead atoms. The molecule has 1 aromatic rings.